The molecule has 36 heavy (non-hydrogen) atoms. The molecule has 1 aliphatic rings. The number of aryl methyl sites for hydroxylation is 6. The smallest absolute Gasteiger partial charge is 0.186 e. The first-order valence-electron chi connectivity index (χ1n) is 11.9. The first-order chi connectivity index (χ1) is 17.1. The molecule has 0 saturated carbocycles. The number of hydrogen-bond acceptors (Lipinski definition) is 2. The predicted octanol–water partition coefficient (Wildman–Crippen LogP) is 6.82. The average Bonchev–Trinajstić information content (AvgIpc) is 3.16. The summed E-state index contributed by atoms with van der Waals surface area (Å²) in [6, 6.07) is 15.8. The molecule has 5 heteroatoms. The average molecular weight is 569 g/mol. The summed E-state index contributed by atoms with van der Waals surface area (Å²) in [7, 11) is 0. The Hall–Kier alpha value is -3.39. The molecule has 1 heterocycles. The summed E-state index contributed by atoms with van der Waals surface area (Å²) in [4.78, 5) is 22.4. The molecule has 0 unspecified atom stereocenters. The number of benzene rings is 3. The minimum atomic E-state index is -0.0924. The molecule has 0 saturated heterocycles. The second kappa shape index (κ2) is 10.3. The Balaban J connectivity index is 0.000000211. The number of aromatic nitrogens is 2. The fourth-order valence-electron chi connectivity index (χ4n) is 5.03. The van der Waals surface area contributed by atoms with E-state index in [2.05, 4.69) is 106 Å². The maximum atomic E-state index is 11.2. The van der Waals surface area contributed by atoms with Gasteiger partial charge >= 0.3 is 155 Å². The van der Waals surface area contributed by atoms with Crippen LogP contribution in [0.25, 0.3) is 11.4 Å². The number of ketones is 2. The van der Waals surface area contributed by atoms with E-state index in [1.807, 2.05) is 0 Å². The van der Waals surface area contributed by atoms with E-state index in [0.29, 0.717) is 11.1 Å². The molecule has 0 N–H and O–H groups in total. The minimum absolute atomic E-state index is 0.0924. The quantitative estimate of drug-likeness (QED) is 0.249. The molecular formula is C31H30N2O2Pd. The topological polar surface area (TPSA) is 44.0 Å². The van der Waals surface area contributed by atoms with Crippen molar-refractivity contribution in [1.82, 2.24) is 9.13 Å². The molecule has 0 spiro atoms. The van der Waals surface area contributed by atoms with Crippen LogP contribution >= 0.6 is 0 Å². The van der Waals surface area contributed by atoms with Gasteiger partial charge in [-0.1, -0.05) is 24.3 Å². The number of hydrogen-bond donors (Lipinski definition) is 0. The standard InChI is InChI=1S/C21H24N2.C10H6O2.Pd/c1-14-9-16(3)20(17(4)10-14)22-7-8-23(13-22)21-18(5)11-15(2)12-19(21)6;11-9-5-6-10(12)8-4-2-1-3-7(8)9;/h7-12H,1-6H3;1-6H;. The number of rotatable bonds is 2. The van der Waals surface area contributed by atoms with Gasteiger partial charge in [0.2, 0.25) is 0 Å². The van der Waals surface area contributed by atoms with E-state index in [1.54, 1.807) is 24.3 Å². The van der Waals surface area contributed by atoms with Crippen molar-refractivity contribution in [3.8, 4) is 11.4 Å². The molecule has 5 rings (SSSR count). The zero-order chi connectivity index (χ0) is 26.1. The molecule has 0 bridgehead atoms. The van der Waals surface area contributed by atoms with Crippen LogP contribution in [0.3, 0.4) is 0 Å². The fraction of sp³-hybridized carbons (Fsp3) is 0.194. The van der Waals surface area contributed by atoms with Gasteiger partial charge in [0.05, 0.1) is 0 Å². The van der Waals surface area contributed by atoms with Crippen molar-refractivity contribution in [3.05, 3.63) is 121 Å². The third kappa shape index (κ3) is 4.95. The van der Waals surface area contributed by atoms with Gasteiger partial charge in [0.15, 0.2) is 11.6 Å². The zero-order valence-electron chi connectivity index (χ0n) is 21.5. The SMILES string of the molecule is Cc1cc(C)c(-n2ccn(-c3c(C)cc(C)cc3C)[c]2=[Pd])c(C)c1.O=C1C=CC(=O)c2ccccc21. The molecule has 0 radical (unpaired) electrons. The molecule has 1 aromatic heterocycles. The number of imidazole rings is 1. The first kappa shape index (κ1) is 25.7. The van der Waals surface area contributed by atoms with E-state index < -0.39 is 0 Å². The van der Waals surface area contributed by atoms with Gasteiger partial charge in [0.1, 0.15) is 0 Å². The van der Waals surface area contributed by atoms with Crippen LogP contribution in [0.4, 0.5) is 0 Å². The van der Waals surface area contributed by atoms with Gasteiger partial charge in [-0.25, -0.2) is 0 Å². The molecule has 0 amide bonds. The molecule has 1 aliphatic carbocycles. The van der Waals surface area contributed by atoms with E-state index in [1.165, 1.54) is 56.9 Å². The molecule has 0 fully saturated rings. The Kier molecular flexibility index (Phi) is 7.36. The van der Waals surface area contributed by atoms with Crippen molar-refractivity contribution < 1.29 is 28.3 Å². The van der Waals surface area contributed by atoms with E-state index in [-0.39, 0.29) is 11.6 Å². The number of carbonyl (C=O) groups excluding carboxylic acids is 2. The van der Waals surface area contributed by atoms with E-state index in [4.69, 9.17) is 0 Å². The van der Waals surface area contributed by atoms with Crippen LogP contribution < -0.4 is 0 Å². The summed E-state index contributed by atoms with van der Waals surface area (Å²) in [5.74, 6) is -0.185. The second-order valence-corrected chi connectivity index (χ2v) is 10.1. The van der Waals surface area contributed by atoms with E-state index in [9.17, 15) is 9.59 Å². The van der Waals surface area contributed by atoms with Gasteiger partial charge in [-0.2, -0.15) is 0 Å². The Morgan fingerprint density at radius 3 is 1.25 bits per heavy atom. The van der Waals surface area contributed by atoms with Crippen molar-refractivity contribution in [3.63, 3.8) is 0 Å². The number of allylic oxidation sites excluding steroid dienone is 2. The van der Waals surface area contributed by atoms with Gasteiger partial charge < -0.3 is 0 Å². The predicted molar refractivity (Wildman–Crippen MR) is 141 cm³/mol. The molecular weight excluding hydrogens is 539 g/mol. The van der Waals surface area contributed by atoms with Crippen molar-refractivity contribution in [1.29, 1.82) is 0 Å². The zero-order valence-corrected chi connectivity index (χ0v) is 23.0. The van der Waals surface area contributed by atoms with Gasteiger partial charge in [0, 0.05) is 11.1 Å². The third-order valence-electron chi connectivity index (χ3n) is 6.33. The number of nitrogens with zero attached hydrogens (tertiary/aromatic N) is 2. The van der Waals surface area contributed by atoms with Crippen LogP contribution in [-0.2, 0) is 18.7 Å². The number of carbonyl (C=O) groups is 2. The summed E-state index contributed by atoms with van der Waals surface area (Å²) in [5, 5.41) is 0. The van der Waals surface area contributed by atoms with Gasteiger partial charge in [-0.05, 0) is 12.2 Å². The van der Waals surface area contributed by atoms with E-state index >= 15 is 0 Å². The van der Waals surface area contributed by atoms with Crippen LogP contribution in [0.15, 0.2) is 73.1 Å². The Labute approximate surface area is 222 Å². The maximum absolute atomic E-state index is 11.2. The molecule has 0 atom stereocenters. The molecule has 4 nitrogen and oxygen atoms in total. The molecule has 4 aromatic rings. The summed E-state index contributed by atoms with van der Waals surface area (Å²) < 4.78 is 5.56. The van der Waals surface area contributed by atoms with Crippen molar-refractivity contribution in [2.45, 2.75) is 41.5 Å². The third-order valence-corrected chi connectivity index (χ3v) is 7.08. The van der Waals surface area contributed by atoms with Crippen LogP contribution in [-0.4, -0.2) is 20.7 Å². The largest absolute Gasteiger partial charge is 0.289 e. The molecule has 0 aliphatic heterocycles. The molecule has 186 valence electrons. The normalized spacial score (nSPS) is 12.3. The van der Waals surface area contributed by atoms with Crippen LogP contribution in [0, 0.1) is 45.4 Å². The van der Waals surface area contributed by atoms with Gasteiger partial charge in [-0.3, -0.25) is 9.59 Å². The second-order valence-electron chi connectivity index (χ2n) is 9.38. The van der Waals surface area contributed by atoms with Crippen LogP contribution in [0.2, 0.25) is 0 Å². The Bertz CT molecular complexity index is 1440. The Morgan fingerprint density at radius 1 is 0.583 bits per heavy atom. The maximum Gasteiger partial charge on any atom is 0.186 e. The van der Waals surface area contributed by atoms with Gasteiger partial charge in [0.25, 0.3) is 0 Å². The van der Waals surface area contributed by atoms with Crippen molar-refractivity contribution in [2.24, 2.45) is 0 Å². The number of fused-ring (bicyclic) bond motifs is 1. The molecule has 3 aromatic carbocycles. The van der Waals surface area contributed by atoms with Crippen molar-refractivity contribution >= 4 is 11.6 Å². The Morgan fingerprint density at radius 2 is 0.917 bits per heavy atom. The van der Waals surface area contributed by atoms with Gasteiger partial charge in [-0.15, -0.1) is 0 Å². The fourth-order valence-corrected chi connectivity index (χ4v) is 5.61. The first-order valence-corrected chi connectivity index (χ1v) is 12.6. The summed E-state index contributed by atoms with van der Waals surface area (Å²) in [6.07, 6.45) is 6.90. The van der Waals surface area contributed by atoms with Crippen molar-refractivity contribution in [2.75, 3.05) is 0 Å². The summed E-state index contributed by atoms with van der Waals surface area (Å²) in [6.45, 7) is 13.0. The van der Waals surface area contributed by atoms with E-state index in [0.717, 1.165) is 3.89 Å². The van der Waals surface area contributed by atoms with Crippen LogP contribution in [0.1, 0.15) is 54.1 Å². The van der Waals surface area contributed by atoms with Crippen LogP contribution in [0.5, 0.6) is 0 Å². The summed E-state index contributed by atoms with van der Waals surface area (Å²) >= 11 is 3.50. The monoisotopic (exact) mass is 568 g/mol. The minimum Gasteiger partial charge on any atom is -0.289 e. The summed E-state index contributed by atoms with van der Waals surface area (Å²) in [5.41, 5.74) is 11.3.